The van der Waals surface area contributed by atoms with Crippen molar-refractivity contribution in [3.8, 4) is 0 Å². The second-order valence-corrected chi connectivity index (χ2v) is 7.93. The zero-order chi connectivity index (χ0) is 13.8. The van der Waals surface area contributed by atoms with Gasteiger partial charge in [-0.3, -0.25) is 4.21 Å². The van der Waals surface area contributed by atoms with Crippen molar-refractivity contribution in [3.63, 3.8) is 0 Å². The smallest absolute Gasteiger partial charge is 0.0636 e. The third-order valence-electron chi connectivity index (χ3n) is 3.18. The molecule has 0 amide bonds. The summed E-state index contributed by atoms with van der Waals surface area (Å²) in [4.78, 5) is 1.17. The fourth-order valence-electron chi connectivity index (χ4n) is 1.85. The van der Waals surface area contributed by atoms with Crippen LogP contribution in [0.4, 0.5) is 0 Å². The van der Waals surface area contributed by atoms with E-state index in [1.807, 2.05) is 19.1 Å². The molecule has 0 saturated carbocycles. The molecule has 1 aromatic carbocycles. The zero-order valence-corrected chi connectivity index (χ0v) is 13.5. The van der Waals surface area contributed by atoms with Crippen LogP contribution in [0.15, 0.2) is 24.3 Å². The number of hydrogen-bond acceptors (Lipinski definition) is 3. The standard InChI is InChI=1S/C14H18ClNOS2/c1-10(19(2)17)7-8-16-9-13-14(15)11-5-3-4-6-12(11)18-13/h3-6,10,16H,7-9H2,1-2H3. The molecule has 19 heavy (non-hydrogen) atoms. The molecule has 0 aliphatic rings. The van der Waals surface area contributed by atoms with Gasteiger partial charge in [-0.05, 0) is 19.0 Å². The largest absolute Gasteiger partial charge is 0.312 e. The number of hydrogen-bond donors (Lipinski definition) is 1. The van der Waals surface area contributed by atoms with E-state index in [1.54, 1.807) is 17.6 Å². The van der Waals surface area contributed by atoms with Gasteiger partial charge in [-0.1, -0.05) is 36.7 Å². The normalized spacial score (nSPS) is 14.7. The van der Waals surface area contributed by atoms with Crippen LogP contribution in [-0.2, 0) is 17.3 Å². The lowest BCUT2D eigenvalue weighted by Crippen LogP contribution is -2.20. The molecule has 0 aliphatic heterocycles. The Morgan fingerprint density at radius 3 is 2.84 bits per heavy atom. The molecule has 0 aliphatic carbocycles. The Hall–Kier alpha value is -0.420. The van der Waals surface area contributed by atoms with E-state index in [9.17, 15) is 4.21 Å². The predicted octanol–water partition coefficient (Wildman–Crippen LogP) is 3.80. The van der Waals surface area contributed by atoms with E-state index in [4.69, 9.17) is 11.6 Å². The number of nitrogens with one attached hydrogen (secondary N) is 1. The number of rotatable bonds is 6. The number of halogens is 1. The van der Waals surface area contributed by atoms with E-state index in [0.29, 0.717) is 0 Å². The van der Waals surface area contributed by atoms with Crippen molar-refractivity contribution in [3.05, 3.63) is 34.2 Å². The maximum Gasteiger partial charge on any atom is 0.0636 e. The van der Waals surface area contributed by atoms with Gasteiger partial charge in [-0.2, -0.15) is 0 Å². The predicted molar refractivity (Wildman–Crippen MR) is 86.7 cm³/mol. The Labute approximate surface area is 125 Å². The van der Waals surface area contributed by atoms with Gasteiger partial charge in [-0.15, -0.1) is 11.3 Å². The van der Waals surface area contributed by atoms with E-state index in [1.165, 1.54) is 9.58 Å². The molecule has 1 N–H and O–H groups in total. The molecule has 0 spiro atoms. The van der Waals surface area contributed by atoms with Crippen molar-refractivity contribution in [1.82, 2.24) is 5.32 Å². The van der Waals surface area contributed by atoms with Crippen LogP contribution in [-0.4, -0.2) is 22.3 Å². The lowest BCUT2D eigenvalue weighted by atomic mass is 10.2. The highest BCUT2D eigenvalue weighted by Gasteiger charge is 2.10. The first kappa shape index (κ1) is 15.0. The van der Waals surface area contributed by atoms with E-state index in [-0.39, 0.29) is 5.25 Å². The maximum absolute atomic E-state index is 11.2. The molecule has 1 aromatic heterocycles. The molecule has 104 valence electrons. The fraction of sp³-hybridized carbons (Fsp3) is 0.429. The highest BCUT2D eigenvalue weighted by Crippen LogP contribution is 2.34. The second-order valence-electron chi connectivity index (χ2n) is 4.61. The minimum Gasteiger partial charge on any atom is -0.312 e. The molecule has 2 unspecified atom stereocenters. The summed E-state index contributed by atoms with van der Waals surface area (Å²) < 4.78 is 12.5. The highest BCUT2D eigenvalue weighted by atomic mass is 35.5. The molecule has 2 aromatic rings. The molecule has 0 saturated heterocycles. The minimum atomic E-state index is -0.739. The average molecular weight is 316 g/mol. The molecular weight excluding hydrogens is 298 g/mol. The monoisotopic (exact) mass is 315 g/mol. The molecule has 5 heteroatoms. The van der Waals surface area contributed by atoms with Crippen molar-refractivity contribution >= 4 is 43.8 Å². The van der Waals surface area contributed by atoms with Gasteiger partial charge in [0.15, 0.2) is 0 Å². The average Bonchev–Trinajstić information content (AvgIpc) is 2.72. The second kappa shape index (κ2) is 6.84. The van der Waals surface area contributed by atoms with Crippen molar-refractivity contribution in [2.75, 3.05) is 12.8 Å². The van der Waals surface area contributed by atoms with E-state index in [2.05, 4.69) is 17.4 Å². The minimum absolute atomic E-state index is 0.241. The highest BCUT2D eigenvalue weighted by molar-refractivity contribution is 7.84. The van der Waals surface area contributed by atoms with Crippen molar-refractivity contribution in [2.24, 2.45) is 0 Å². The molecule has 0 bridgehead atoms. The summed E-state index contributed by atoms with van der Waals surface area (Å²) in [5.74, 6) is 0. The van der Waals surface area contributed by atoms with Gasteiger partial charge in [0.05, 0.1) is 5.02 Å². The SMILES string of the molecule is CC(CCNCc1sc2ccccc2c1Cl)S(C)=O. The number of fused-ring (bicyclic) bond motifs is 1. The van der Waals surface area contributed by atoms with Crippen molar-refractivity contribution < 1.29 is 4.21 Å². The maximum atomic E-state index is 11.2. The first-order chi connectivity index (χ1) is 9.09. The van der Waals surface area contributed by atoms with Gasteiger partial charge in [-0.25, -0.2) is 0 Å². The van der Waals surface area contributed by atoms with E-state index in [0.717, 1.165) is 29.9 Å². The van der Waals surface area contributed by atoms with E-state index >= 15 is 0 Å². The quantitative estimate of drug-likeness (QED) is 0.821. The Morgan fingerprint density at radius 2 is 2.16 bits per heavy atom. The van der Waals surface area contributed by atoms with Gasteiger partial charge in [0, 0.05) is 43.8 Å². The third-order valence-corrected chi connectivity index (χ3v) is 6.26. The molecule has 0 fully saturated rings. The lowest BCUT2D eigenvalue weighted by Gasteiger charge is -2.08. The first-order valence-corrected chi connectivity index (χ1v) is 9.10. The lowest BCUT2D eigenvalue weighted by molar-refractivity contribution is 0.632. The van der Waals surface area contributed by atoms with Gasteiger partial charge >= 0.3 is 0 Å². The third kappa shape index (κ3) is 3.78. The van der Waals surface area contributed by atoms with Crippen LogP contribution in [0, 0.1) is 0 Å². The Balaban J connectivity index is 1.91. The van der Waals surface area contributed by atoms with Crippen LogP contribution in [0.25, 0.3) is 10.1 Å². The first-order valence-electron chi connectivity index (χ1n) is 6.28. The van der Waals surface area contributed by atoms with Crippen LogP contribution in [0.5, 0.6) is 0 Å². The van der Waals surface area contributed by atoms with Gasteiger partial charge in [0.2, 0.25) is 0 Å². The Bertz CT molecular complexity index is 582. The van der Waals surface area contributed by atoms with E-state index < -0.39 is 10.8 Å². The zero-order valence-electron chi connectivity index (χ0n) is 11.1. The van der Waals surface area contributed by atoms with Crippen molar-refractivity contribution in [2.45, 2.75) is 25.1 Å². The summed E-state index contributed by atoms with van der Waals surface area (Å²) in [6.07, 6.45) is 2.68. The Morgan fingerprint density at radius 1 is 1.42 bits per heavy atom. The summed E-state index contributed by atoms with van der Waals surface area (Å²) in [6, 6.07) is 8.19. The Kier molecular flexibility index (Phi) is 5.39. The fourth-order valence-corrected chi connectivity index (χ4v) is 3.77. The molecule has 1 heterocycles. The van der Waals surface area contributed by atoms with Crippen LogP contribution in [0.3, 0.4) is 0 Å². The van der Waals surface area contributed by atoms with Gasteiger partial charge < -0.3 is 5.32 Å². The molecular formula is C14H18ClNOS2. The number of thiophene rings is 1. The van der Waals surface area contributed by atoms with Crippen LogP contribution < -0.4 is 5.32 Å². The van der Waals surface area contributed by atoms with Gasteiger partial charge in [0.25, 0.3) is 0 Å². The van der Waals surface area contributed by atoms with Crippen LogP contribution in [0.2, 0.25) is 5.02 Å². The summed E-state index contributed by atoms with van der Waals surface area (Å²) >= 11 is 8.11. The topological polar surface area (TPSA) is 29.1 Å². The van der Waals surface area contributed by atoms with Crippen LogP contribution in [0.1, 0.15) is 18.2 Å². The summed E-state index contributed by atoms with van der Waals surface area (Å²) in [7, 11) is -0.739. The van der Waals surface area contributed by atoms with Gasteiger partial charge in [0.1, 0.15) is 0 Å². The summed E-state index contributed by atoms with van der Waals surface area (Å²) in [6.45, 7) is 3.66. The van der Waals surface area contributed by atoms with Crippen LogP contribution >= 0.6 is 22.9 Å². The van der Waals surface area contributed by atoms with Crippen molar-refractivity contribution in [1.29, 1.82) is 0 Å². The molecule has 2 atom stereocenters. The summed E-state index contributed by atoms with van der Waals surface area (Å²) in [5.41, 5.74) is 0. The molecule has 0 radical (unpaired) electrons. The number of benzene rings is 1. The molecule has 2 rings (SSSR count). The molecule has 2 nitrogen and oxygen atoms in total. The summed E-state index contributed by atoms with van der Waals surface area (Å²) in [5, 5.41) is 5.62.